The zero-order valence-corrected chi connectivity index (χ0v) is 16.1. The first kappa shape index (κ1) is 18.5. The molecule has 25 heavy (non-hydrogen) atoms. The number of nitrogens with zero attached hydrogens (tertiary/aromatic N) is 3. The van der Waals surface area contributed by atoms with Gasteiger partial charge >= 0.3 is 0 Å². The van der Waals surface area contributed by atoms with Crippen molar-refractivity contribution in [2.75, 3.05) is 20.1 Å². The topological polar surface area (TPSA) is 62.6 Å². The van der Waals surface area contributed by atoms with Crippen LogP contribution in [0.15, 0.2) is 17.2 Å². The molecule has 1 amide bonds. The molecule has 1 aliphatic carbocycles. The van der Waals surface area contributed by atoms with E-state index in [2.05, 4.69) is 0 Å². The van der Waals surface area contributed by atoms with Crippen LogP contribution < -0.4 is 0 Å². The molecule has 0 radical (unpaired) electrons. The fourth-order valence-electron chi connectivity index (χ4n) is 3.96. The highest BCUT2D eigenvalue weighted by Crippen LogP contribution is 2.25. The molecule has 1 aromatic rings. The van der Waals surface area contributed by atoms with E-state index in [-0.39, 0.29) is 16.8 Å². The summed E-state index contributed by atoms with van der Waals surface area (Å²) in [6.45, 7) is 1.14. The van der Waals surface area contributed by atoms with Crippen LogP contribution >= 0.6 is 0 Å². The molecule has 6 nitrogen and oxygen atoms in total. The van der Waals surface area contributed by atoms with Crippen LogP contribution in [0.4, 0.5) is 0 Å². The quantitative estimate of drug-likeness (QED) is 0.769. The number of hydrogen-bond donors (Lipinski definition) is 0. The van der Waals surface area contributed by atoms with E-state index in [0.29, 0.717) is 18.8 Å². The van der Waals surface area contributed by atoms with Gasteiger partial charge < -0.3 is 9.47 Å². The zero-order valence-electron chi connectivity index (χ0n) is 15.3. The molecule has 0 N–H and O–H groups in total. The molecular weight excluding hydrogens is 338 g/mol. The molecular formula is C18H29N3O3S. The number of aryl methyl sites for hydroxylation is 1. The Bertz CT molecular complexity index is 712. The maximum absolute atomic E-state index is 12.9. The van der Waals surface area contributed by atoms with Gasteiger partial charge in [-0.25, -0.2) is 8.42 Å². The Kier molecular flexibility index (Phi) is 5.53. The van der Waals surface area contributed by atoms with Crippen LogP contribution in [-0.4, -0.2) is 54.3 Å². The molecule has 1 aromatic heterocycles. The number of carbonyl (C=O) groups excluding carboxylic acids is 1. The minimum Gasteiger partial charge on any atom is -0.345 e. The summed E-state index contributed by atoms with van der Waals surface area (Å²) >= 11 is 0. The van der Waals surface area contributed by atoms with Gasteiger partial charge in [-0.2, -0.15) is 4.31 Å². The average molecular weight is 368 g/mol. The van der Waals surface area contributed by atoms with Crippen LogP contribution in [0, 0.1) is 0 Å². The number of rotatable bonds is 4. The average Bonchev–Trinajstić information content (AvgIpc) is 3.18. The van der Waals surface area contributed by atoms with Crippen LogP contribution in [0.2, 0.25) is 0 Å². The molecule has 0 spiro atoms. The van der Waals surface area contributed by atoms with Gasteiger partial charge in [0.25, 0.3) is 5.91 Å². The first-order valence-corrected chi connectivity index (χ1v) is 10.8. The Labute approximate surface area is 150 Å². The molecule has 2 heterocycles. The maximum Gasteiger partial charge on any atom is 0.270 e. The summed E-state index contributed by atoms with van der Waals surface area (Å²) in [5, 5.41) is 0. The van der Waals surface area contributed by atoms with Crippen molar-refractivity contribution in [3.8, 4) is 0 Å². The summed E-state index contributed by atoms with van der Waals surface area (Å²) in [6.07, 6.45) is 10.2. The smallest absolute Gasteiger partial charge is 0.270 e. The SMILES string of the molecule is CN(C(=O)c1cc(S(=O)(=O)N2CCCC2)cn1C)C1CCCCCC1. The van der Waals surface area contributed by atoms with Crippen LogP contribution in [0.25, 0.3) is 0 Å². The molecule has 0 atom stereocenters. The third-order valence-corrected chi connectivity index (χ3v) is 7.46. The summed E-state index contributed by atoms with van der Waals surface area (Å²) in [5.74, 6) is -0.0859. The Morgan fingerprint density at radius 2 is 1.68 bits per heavy atom. The molecule has 3 rings (SSSR count). The van der Waals surface area contributed by atoms with Gasteiger partial charge in [0.15, 0.2) is 0 Å². The van der Waals surface area contributed by atoms with E-state index in [9.17, 15) is 13.2 Å². The Balaban J connectivity index is 1.80. The molecule has 0 bridgehead atoms. The lowest BCUT2D eigenvalue weighted by atomic mass is 10.1. The maximum atomic E-state index is 12.9. The van der Waals surface area contributed by atoms with Crippen LogP contribution in [0.1, 0.15) is 61.9 Å². The summed E-state index contributed by atoms with van der Waals surface area (Å²) in [6, 6.07) is 1.80. The van der Waals surface area contributed by atoms with Gasteiger partial charge in [-0.15, -0.1) is 0 Å². The predicted molar refractivity (Wildman–Crippen MR) is 97.0 cm³/mol. The van der Waals surface area contributed by atoms with Gasteiger partial charge in [-0.1, -0.05) is 25.7 Å². The van der Waals surface area contributed by atoms with Crippen LogP contribution in [-0.2, 0) is 17.1 Å². The molecule has 0 unspecified atom stereocenters. The lowest BCUT2D eigenvalue weighted by Gasteiger charge is -2.27. The fraction of sp³-hybridized carbons (Fsp3) is 0.722. The zero-order chi connectivity index (χ0) is 18.0. The van der Waals surface area contributed by atoms with Crippen LogP contribution in [0.5, 0.6) is 0 Å². The highest BCUT2D eigenvalue weighted by molar-refractivity contribution is 7.89. The van der Waals surface area contributed by atoms with E-state index in [0.717, 1.165) is 38.5 Å². The number of aromatic nitrogens is 1. The summed E-state index contributed by atoms with van der Waals surface area (Å²) < 4.78 is 28.6. The van der Waals surface area contributed by atoms with E-state index in [1.807, 2.05) is 11.9 Å². The summed E-state index contributed by atoms with van der Waals surface area (Å²) in [4.78, 5) is 15.0. The molecule has 0 aromatic carbocycles. The van der Waals surface area contributed by atoms with Crippen molar-refractivity contribution in [3.05, 3.63) is 18.0 Å². The van der Waals surface area contributed by atoms with E-state index >= 15 is 0 Å². The minimum absolute atomic E-state index is 0.0859. The van der Waals surface area contributed by atoms with Crippen molar-refractivity contribution in [1.29, 1.82) is 0 Å². The Hall–Kier alpha value is -1.34. The van der Waals surface area contributed by atoms with Gasteiger partial charge in [0.2, 0.25) is 10.0 Å². The number of hydrogen-bond acceptors (Lipinski definition) is 3. The second kappa shape index (κ2) is 7.50. The fourth-order valence-corrected chi connectivity index (χ4v) is 5.55. The van der Waals surface area contributed by atoms with Crippen molar-refractivity contribution in [2.45, 2.75) is 62.3 Å². The third kappa shape index (κ3) is 3.77. The monoisotopic (exact) mass is 367 g/mol. The Morgan fingerprint density at radius 3 is 2.28 bits per heavy atom. The van der Waals surface area contributed by atoms with Crippen molar-refractivity contribution in [2.24, 2.45) is 7.05 Å². The minimum atomic E-state index is -3.49. The lowest BCUT2D eigenvalue weighted by Crippen LogP contribution is -2.37. The molecule has 1 saturated heterocycles. The third-order valence-electron chi connectivity index (χ3n) is 5.59. The second-order valence-corrected chi connectivity index (χ2v) is 9.28. The Morgan fingerprint density at radius 1 is 1.08 bits per heavy atom. The van der Waals surface area contributed by atoms with Gasteiger partial charge in [0, 0.05) is 39.4 Å². The number of amides is 1. The van der Waals surface area contributed by atoms with Crippen molar-refractivity contribution >= 4 is 15.9 Å². The highest BCUT2D eigenvalue weighted by atomic mass is 32.2. The second-order valence-electron chi connectivity index (χ2n) is 7.34. The first-order chi connectivity index (χ1) is 11.9. The standard InChI is InChI=1S/C18H29N3O3S/c1-19-14-16(25(23,24)21-11-7-8-12-21)13-17(19)18(22)20(2)15-9-5-3-4-6-10-15/h13-15H,3-12H2,1-2H3. The molecule has 140 valence electrons. The van der Waals surface area contributed by atoms with E-state index in [1.54, 1.807) is 23.9 Å². The van der Waals surface area contributed by atoms with Gasteiger partial charge in [-0.05, 0) is 31.7 Å². The molecule has 2 fully saturated rings. The van der Waals surface area contributed by atoms with Crippen molar-refractivity contribution < 1.29 is 13.2 Å². The van der Waals surface area contributed by atoms with E-state index in [4.69, 9.17) is 0 Å². The number of sulfonamides is 1. The lowest BCUT2D eigenvalue weighted by molar-refractivity contribution is 0.0708. The first-order valence-electron chi connectivity index (χ1n) is 9.35. The largest absolute Gasteiger partial charge is 0.345 e. The van der Waals surface area contributed by atoms with Gasteiger partial charge in [0.1, 0.15) is 10.6 Å². The highest BCUT2D eigenvalue weighted by Gasteiger charge is 2.31. The molecule has 1 saturated carbocycles. The van der Waals surface area contributed by atoms with Gasteiger partial charge in [0.05, 0.1) is 0 Å². The van der Waals surface area contributed by atoms with E-state index < -0.39 is 10.0 Å². The summed E-state index contributed by atoms with van der Waals surface area (Å²) in [7, 11) is 0.106. The predicted octanol–water partition coefficient (Wildman–Crippen LogP) is 2.60. The van der Waals surface area contributed by atoms with E-state index in [1.165, 1.54) is 17.1 Å². The van der Waals surface area contributed by atoms with Crippen molar-refractivity contribution in [1.82, 2.24) is 13.8 Å². The van der Waals surface area contributed by atoms with Gasteiger partial charge in [-0.3, -0.25) is 4.79 Å². The number of carbonyl (C=O) groups is 1. The normalized spacial score (nSPS) is 20.6. The van der Waals surface area contributed by atoms with Crippen molar-refractivity contribution in [3.63, 3.8) is 0 Å². The van der Waals surface area contributed by atoms with Crippen LogP contribution in [0.3, 0.4) is 0 Å². The molecule has 7 heteroatoms. The molecule has 1 aliphatic heterocycles. The summed E-state index contributed by atoms with van der Waals surface area (Å²) in [5.41, 5.74) is 0.449. The molecule has 2 aliphatic rings.